The summed E-state index contributed by atoms with van der Waals surface area (Å²) in [5.74, 6) is 0. The summed E-state index contributed by atoms with van der Waals surface area (Å²) in [7, 11) is 1.52. The molecular weight excluding hydrogens is 150 g/mol. The molecule has 0 aliphatic carbocycles. The molecule has 1 amide bonds. The number of carbonyl (C=O) groups is 1. The summed E-state index contributed by atoms with van der Waals surface area (Å²) in [5, 5.41) is 1.95. The van der Waals surface area contributed by atoms with Crippen LogP contribution in [-0.2, 0) is 0 Å². The maximum atomic E-state index is 9.57. The van der Waals surface area contributed by atoms with Gasteiger partial charge in [0.1, 0.15) is 0 Å². The molecule has 0 radical (unpaired) electrons. The van der Waals surface area contributed by atoms with E-state index < -0.39 is 0 Å². The minimum absolute atomic E-state index is 0.301. The molecule has 0 saturated heterocycles. The molecule has 0 heterocycles. The zero-order valence-electron chi connectivity index (χ0n) is 3.75. The Balaban J connectivity index is 0. The van der Waals surface area contributed by atoms with E-state index in [0.29, 0.717) is 0 Å². The third-order valence-electron chi connectivity index (χ3n) is 0.214. The van der Waals surface area contributed by atoms with Crippen molar-refractivity contribution in [1.29, 1.82) is 0 Å². The molecule has 0 aliphatic rings. The van der Waals surface area contributed by atoms with Gasteiger partial charge in [0.15, 0.2) is 0 Å². The second-order valence-electron chi connectivity index (χ2n) is 0.555. The molecule has 5 heteroatoms. The molecule has 0 saturated carbocycles. The molecular formula is C2H7NOS3. The van der Waals surface area contributed by atoms with Gasteiger partial charge in [-0.2, -0.15) is 0 Å². The van der Waals surface area contributed by atoms with Gasteiger partial charge in [0.25, 0.3) is 5.24 Å². The van der Waals surface area contributed by atoms with Crippen LogP contribution in [0.4, 0.5) is 4.79 Å². The first-order valence-corrected chi connectivity index (χ1v) is 3.42. The van der Waals surface area contributed by atoms with Gasteiger partial charge in [-0.05, 0) is 0 Å². The molecule has 0 aromatic rings. The Bertz CT molecular complexity index is 48.2. The fourth-order valence-corrected chi connectivity index (χ4v) is 0. The average molecular weight is 157 g/mol. The molecule has 0 unspecified atom stereocenters. The van der Waals surface area contributed by atoms with Crippen LogP contribution in [0.15, 0.2) is 0 Å². The Kier molecular flexibility index (Phi) is 14.6. The minimum Gasteiger partial charge on any atom is -0.350 e. The Hall–Kier alpha value is 0.520. The average Bonchev–Trinajstić information content (AvgIpc) is 1.73. The molecule has 44 valence electrons. The number of hydrogen-bond acceptors (Lipinski definition) is 3. The van der Waals surface area contributed by atoms with Crippen molar-refractivity contribution in [2.45, 2.75) is 0 Å². The lowest BCUT2D eigenvalue weighted by atomic mass is 11.2. The fourth-order valence-electron chi connectivity index (χ4n) is 0. The van der Waals surface area contributed by atoms with Gasteiger partial charge in [-0.25, -0.2) is 0 Å². The van der Waals surface area contributed by atoms with Crippen LogP contribution in [0.3, 0.4) is 0 Å². The summed E-state index contributed by atoms with van der Waals surface area (Å²) in [5.41, 5.74) is 0. The third-order valence-corrected chi connectivity index (χ3v) is 0.437. The highest BCUT2D eigenvalue weighted by molar-refractivity contribution is 8.59. The Labute approximate surface area is 58.7 Å². The molecule has 0 bridgehead atoms. The zero-order valence-corrected chi connectivity index (χ0v) is 6.43. The highest BCUT2D eigenvalue weighted by Gasteiger charge is 1.74. The monoisotopic (exact) mass is 157 g/mol. The summed E-state index contributed by atoms with van der Waals surface area (Å²) in [4.78, 5) is 9.57. The largest absolute Gasteiger partial charge is 0.350 e. The van der Waals surface area contributed by atoms with Gasteiger partial charge in [-0.1, -0.05) is 12.6 Å². The number of rotatable bonds is 0. The van der Waals surface area contributed by atoms with Crippen LogP contribution >= 0.6 is 36.0 Å². The molecule has 0 aromatic carbocycles. The van der Waals surface area contributed by atoms with Gasteiger partial charge in [-0.3, -0.25) is 4.79 Å². The summed E-state index contributed by atoms with van der Waals surface area (Å²) in [6.07, 6.45) is 0. The number of carbonyl (C=O) groups excluding carboxylic acids is 1. The van der Waals surface area contributed by atoms with Crippen molar-refractivity contribution in [3.8, 4) is 0 Å². The quantitative estimate of drug-likeness (QED) is 0.307. The SMILES string of the molecule is CNC(=O)S.SS. The Morgan fingerprint density at radius 2 is 1.71 bits per heavy atom. The van der Waals surface area contributed by atoms with Crippen LogP contribution in [-0.4, -0.2) is 12.3 Å². The molecule has 7 heavy (non-hydrogen) atoms. The number of thiol groups is 3. The van der Waals surface area contributed by atoms with Gasteiger partial charge in [0, 0.05) is 7.05 Å². The number of nitrogens with one attached hydrogen (secondary N) is 1. The first-order valence-electron chi connectivity index (χ1n) is 1.38. The van der Waals surface area contributed by atoms with Gasteiger partial charge in [0.2, 0.25) is 0 Å². The molecule has 0 atom stereocenters. The Morgan fingerprint density at radius 1 is 1.57 bits per heavy atom. The molecule has 0 fully saturated rings. The van der Waals surface area contributed by atoms with E-state index in [1.54, 1.807) is 0 Å². The highest BCUT2D eigenvalue weighted by Crippen LogP contribution is 1.67. The van der Waals surface area contributed by atoms with Crippen molar-refractivity contribution in [3.63, 3.8) is 0 Å². The predicted molar refractivity (Wildman–Crippen MR) is 41.4 cm³/mol. The van der Waals surface area contributed by atoms with E-state index in [2.05, 4.69) is 41.3 Å². The van der Waals surface area contributed by atoms with Crippen molar-refractivity contribution in [3.05, 3.63) is 0 Å². The lowest BCUT2D eigenvalue weighted by Crippen LogP contribution is -2.06. The van der Waals surface area contributed by atoms with E-state index in [9.17, 15) is 4.79 Å². The van der Waals surface area contributed by atoms with Crippen molar-refractivity contribution >= 4 is 41.2 Å². The first kappa shape index (κ1) is 10.5. The second-order valence-corrected chi connectivity index (χ2v) is 0.961. The van der Waals surface area contributed by atoms with Crippen LogP contribution in [0.5, 0.6) is 0 Å². The van der Waals surface area contributed by atoms with Crippen LogP contribution in [0.1, 0.15) is 0 Å². The van der Waals surface area contributed by atoms with Crippen LogP contribution in [0.25, 0.3) is 0 Å². The maximum absolute atomic E-state index is 9.57. The maximum Gasteiger partial charge on any atom is 0.275 e. The second kappa shape index (κ2) is 9.72. The summed E-state index contributed by atoms with van der Waals surface area (Å²) in [6.45, 7) is 0. The molecule has 0 rings (SSSR count). The number of amides is 1. The van der Waals surface area contributed by atoms with E-state index in [1.165, 1.54) is 7.05 Å². The first-order chi connectivity index (χ1) is 3.27. The van der Waals surface area contributed by atoms with Crippen LogP contribution in [0, 0.1) is 0 Å². The van der Waals surface area contributed by atoms with Crippen molar-refractivity contribution in [1.82, 2.24) is 5.32 Å². The van der Waals surface area contributed by atoms with Crippen LogP contribution < -0.4 is 5.32 Å². The molecule has 1 N–H and O–H groups in total. The van der Waals surface area contributed by atoms with E-state index in [0.717, 1.165) is 0 Å². The normalized spacial score (nSPS) is 5.71. The zero-order chi connectivity index (χ0) is 6.28. The van der Waals surface area contributed by atoms with Gasteiger partial charge in [0.05, 0.1) is 0 Å². The van der Waals surface area contributed by atoms with E-state index in [4.69, 9.17) is 0 Å². The van der Waals surface area contributed by atoms with E-state index in [-0.39, 0.29) is 5.24 Å². The standard InChI is InChI=1S/C2H5NOS.H2S2/c1-3-2(4)5;1-2/h1H3,(H2,3,4,5);1-2H. The van der Waals surface area contributed by atoms with Crippen molar-refractivity contribution in [2.24, 2.45) is 0 Å². The van der Waals surface area contributed by atoms with Crippen molar-refractivity contribution in [2.75, 3.05) is 7.05 Å². The van der Waals surface area contributed by atoms with Gasteiger partial charge >= 0.3 is 0 Å². The third kappa shape index (κ3) is 21.0. The molecule has 0 aromatic heterocycles. The summed E-state index contributed by atoms with van der Waals surface area (Å²) >= 11 is 9.79. The van der Waals surface area contributed by atoms with Crippen molar-refractivity contribution < 1.29 is 4.79 Å². The van der Waals surface area contributed by atoms with Crippen LogP contribution in [0.2, 0.25) is 0 Å². The molecule has 2 nitrogen and oxygen atoms in total. The van der Waals surface area contributed by atoms with Gasteiger partial charge < -0.3 is 5.32 Å². The fraction of sp³-hybridized carbons (Fsp3) is 0.500. The van der Waals surface area contributed by atoms with E-state index in [1.807, 2.05) is 0 Å². The topological polar surface area (TPSA) is 29.1 Å². The van der Waals surface area contributed by atoms with E-state index >= 15 is 0 Å². The lowest BCUT2D eigenvalue weighted by molar-refractivity contribution is 0.262. The molecule has 0 aliphatic heterocycles. The summed E-state index contributed by atoms with van der Waals surface area (Å²) in [6, 6.07) is 0. The smallest absolute Gasteiger partial charge is 0.275 e. The highest BCUT2D eigenvalue weighted by atomic mass is 33.1. The summed E-state index contributed by atoms with van der Waals surface area (Å²) < 4.78 is 0. The minimum atomic E-state index is -0.301. The Morgan fingerprint density at radius 3 is 1.71 bits per heavy atom. The van der Waals surface area contributed by atoms with Gasteiger partial charge in [-0.15, -0.1) is 23.3 Å². The molecule has 0 spiro atoms. The number of hydrogen-bond donors (Lipinski definition) is 4. The lowest BCUT2D eigenvalue weighted by Gasteiger charge is -1.78. The predicted octanol–water partition coefficient (Wildman–Crippen LogP) is 1.02.